The molecule has 114 valence electrons. The summed E-state index contributed by atoms with van der Waals surface area (Å²) in [5.41, 5.74) is 0.0327. The largest absolute Gasteiger partial charge is 0.453 e. The van der Waals surface area contributed by atoms with Gasteiger partial charge in [-0.3, -0.25) is 5.10 Å². The molecule has 0 radical (unpaired) electrons. The highest BCUT2D eigenvalue weighted by Gasteiger charge is 2.37. The zero-order valence-corrected chi connectivity index (χ0v) is 11.7. The van der Waals surface area contributed by atoms with E-state index in [1.807, 2.05) is 0 Å². The molecule has 3 aromatic rings. The lowest BCUT2D eigenvalue weighted by molar-refractivity contribution is -0.146. The van der Waals surface area contributed by atoms with E-state index in [0.29, 0.717) is 20.6 Å². The van der Waals surface area contributed by atoms with Crippen molar-refractivity contribution in [2.45, 2.75) is 35.1 Å². The predicted molar refractivity (Wildman–Crippen MR) is 68.3 cm³/mol. The quantitative estimate of drug-likeness (QED) is 0.794. The zero-order valence-electron chi connectivity index (χ0n) is 10.9. The Labute approximate surface area is 125 Å². The molecule has 0 unspecified atom stereocenters. The van der Waals surface area contributed by atoms with E-state index < -0.39 is 12.0 Å². The van der Waals surface area contributed by atoms with Gasteiger partial charge >= 0.3 is 6.18 Å². The maximum atomic E-state index is 12.8. The molecule has 0 atom stereocenters. The van der Waals surface area contributed by atoms with Crippen LogP contribution in [0.3, 0.4) is 0 Å². The lowest BCUT2D eigenvalue weighted by atomic mass is 10.4. The van der Waals surface area contributed by atoms with Crippen LogP contribution in [0.25, 0.3) is 5.65 Å². The molecular formula is C11H8F3N7S. The molecule has 1 fully saturated rings. The van der Waals surface area contributed by atoms with Crippen LogP contribution in [0, 0.1) is 0 Å². The van der Waals surface area contributed by atoms with Crippen LogP contribution < -0.4 is 0 Å². The van der Waals surface area contributed by atoms with E-state index in [-0.39, 0.29) is 5.65 Å². The Morgan fingerprint density at radius 3 is 2.77 bits per heavy atom. The first-order valence-corrected chi connectivity index (χ1v) is 7.22. The van der Waals surface area contributed by atoms with Gasteiger partial charge in [-0.2, -0.15) is 22.8 Å². The molecule has 0 saturated heterocycles. The van der Waals surface area contributed by atoms with Gasteiger partial charge in [0.05, 0.1) is 0 Å². The minimum Gasteiger partial charge on any atom is -0.262 e. The fraction of sp³-hybridized carbons (Fsp3) is 0.364. The number of aromatic nitrogens is 7. The molecule has 1 aliphatic rings. The van der Waals surface area contributed by atoms with Crippen molar-refractivity contribution >= 4 is 17.4 Å². The van der Waals surface area contributed by atoms with Crippen molar-refractivity contribution in [3.05, 3.63) is 23.8 Å². The van der Waals surface area contributed by atoms with Gasteiger partial charge in [-0.25, -0.2) is 4.98 Å². The first-order valence-electron chi connectivity index (χ1n) is 6.40. The van der Waals surface area contributed by atoms with Crippen molar-refractivity contribution in [1.82, 2.24) is 35.0 Å². The summed E-state index contributed by atoms with van der Waals surface area (Å²) in [4.78, 5) is 4.30. The summed E-state index contributed by atoms with van der Waals surface area (Å²) in [6, 6.07) is 2.98. The van der Waals surface area contributed by atoms with E-state index >= 15 is 0 Å². The number of fused-ring (bicyclic) bond motifs is 1. The fourth-order valence-electron chi connectivity index (χ4n) is 1.94. The normalized spacial score (nSPS) is 15.6. The molecule has 3 aromatic heterocycles. The highest BCUT2D eigenvalue weighted by Crippen LogP contribution is 2.38. The summed E-state index contributed by atoms with van der Waals surface area (Å²) in [7, 11) is 0. The van der Waals surface area contributed by atoms with Gasteiger partial charge < -0.3 is 0 Å². The number of aromatic amines is 1. The van der Waals surface area contributed by atoms with Crippen molar-refractivity contribution < 1.29 is 13.2 Å². The van der Waals surface area contributed by atoms with Gasteiger partial charge in [0.1, 0.15) is 10.9 Å². The summed E-state index contributed by atoms with van der Waals surface area (Å²) < 4.78 is 39.1. The first-order chi connectivity index (χ1) is 10.5. The topological polar surface area (TPSA) is 84.6 Å². The van der Waals surface area contributed by atoms with Gasteiger partial charge in [0.15, 0.2) is 5.65 Å². The Hall–Kier alpha value is -2.17. The highest BCUT2D eigenvalue weighted by atomic mass is 32.2. The third-order valence-corrected chi connectivity index (χ3v) is 3.93. The number of hydrogen-bond acceptors (Lipinski definition) is 6. The van der Waals surface area contributed by atoms with Gasteiger partial charge in [-0.15, -0.1) is 15.3 Å². The second-order valence-corrected chi connectivity index (χ2v) is 5.83. The van der Waals surface area contributed by atoms with Gasteiger partial charge in [-0.1, -0.05) is 0 Å². The molecule has 0 spiro atoms. The zero-order chi connectivity index (χ0) is 15.3. The third kappa shape index (κ3) is 2.40. The minimum absolute atomic E-state index is 0.0327. The maximum absolute atomic E-state index is 12.8. The Morgan fingerprint density at radius 1 is 1.23 bits per heavy atom. The Balaban J connectivity index is 1.66. The number of H-pyrrole nitrogens is 1. The van der Waals surface area contributed by atoms with Crippen LogP contribution in [0.2, 0.25) is 0 Å². The van der Waals surface area contributed by atoms with E-state index in [4.69, 9.17) is 0 Å². The molecule has 0 amide bonds. The minimum atomic E-state index is -4.61. The highest BCUT2D eigenvalue weighted by molar-refractivity contribution is 7.99. The summed E-state index contributed by atoms with van der Waals surface area (Å²) in [5, 5.41) is 18.1. The number of alkyl halides is 3. The lowest BCUT2D eigenvalue weighted by Gasteiger charge is -2.03. The van der Waals surface area contributed by atoms with Gasteiger partial charge in [0.25, 0.3) is 5.82 Å². The molecular weight excluding hydrogens is 319 g/mol. The second-order valence-electron chi connectivity index (χ2n) is 4.84. The van der Waals surface area contributed by atoms with Crippen LogP contribution in [0.4, 0.5) is 13.2 Å². The van der Waals surface area contributed by atoms with Crippen molar-refractivity contribution in [2.24, 2.45) is 0 Å². The van der Waals surface area contributed by atoms with Crippen LogP contribution in [0.15, 0.2) is 22.3 Å². The summed E-state index contributed by atoms with van der Waals surface area (Å²) in [6.45, 7) is 0. The van der Waals surface area contributed by atoms with Crippen LogP contribution in [-0.2, 0) is 6.18 Å². The number of hydrogen-bond donors (Lipinski definition) is 1. The maximum Gasteiger partial charge on any atom is 0.453 e. The molecule has 1 saturated carbocycles. The molecule has 1 aliphatic carbocycles. The summed E-state index contributed by atoms with van der Waals surface area (Å²) >= 11 is 1.08. The molecule has 7 nitrogen and oxygen atoms in total. The lowest BCUT2D eigenvalue weighted by Crippen LogP contribution is -2.12. The SMILES string of the molecule is FC(F)(F)c1nnc2ccc(Sc3n[nH]c(C4CC4)n3)nn12. The van der Waals surface area contributed by atoms with E-state index in [2.05, 4.69) is 30.5 Å². The molecule has 3 heterocycles. The second kappa shape index (κ2) is 4.66. The van der Waals surface area contributed by atoms with E-state index in [1.165, 1.54) is 6.07 Å². The predicted octanol–water partition coefficient (Wildman–Crippen LogP) is 2.29. The molecule has 0 bridgehead atoms. The van der Waals surface area contributed by atoms with Crippen molar-refractivity contribution in [2.75, 3.05) is 0 Å². The number of nitrogens with one attached hydrogen (secondary N) is 1. The molecule has 0 aromatic carbocycles. The van der Waals surface area contributed by atoms with Gasteiger partial charge in [-0.05, 0) is 36.7 Å². The molecule has 1 N–H and O–H groups in total. The average molecular weight is 327 g/mol. The van der Waals surface area contributed by atoms with Crippen molar-refractivity contribution in [3.63, 3.8) is 0 Å². The average Bonchev–Trinajstić information content (AvgIpc) is 3.05. The van der Waals surface area contributed by atoms with Crippen molar-refractivity contribution in [3.8, 4) is 0 Å². The standard InChI is InChI=1S/C11H8F3N7S/c12-11(13,14)9-18-16-6-3-4-7(20-21(6)9)22-10-15-8(17-19-10)5-1-2-5/h3-5H,1-2H2,(H,15,17,19). The molecule has 0 aliphatic heterocycles. The van der Waals surface area contributed by atoms with Crippen LogP contribution >= 0.6 is 11.8 Å². The summed E-state index contributed by atoms with van der Waals surface area (Å²) in [6.07, 6.45) is -2.45. The first kappa shape index (κ1) is 13.5. The van der Waals surface area contributed by atoms with Crippen LogP contribution in [0.5, 0.6) is 0 Å². The Kier molecular flexibility index (Phi) is 2.86. The monoisotopic (exact) mass is 327 g/mol. The van der Waals surface area contributed by atoms with Crippen LogP contribution in [0.1, 0.15) is 30.4 Å². The number of nitrogens with zero attached hydrogens (tertiary/aromatic N) is 6. The van der Waals surface area contributed by atoms with E-state index in [0.717, 1.165) is 30.4 Å². The molecule has 22 heavy (non-hydrogen) atoms. The number of rotatable bonds is 3. The van der Waals surface area contributed by atoms with E-state index in [1.54, 1.807) is 6.07 Å². The van der Waals surface area contributed by atoms with Gasteiger partial charge in [0.2, 0.25) is 5.16 Å². The Bertz CT molecular complexity index is 836. The fourth-order valence-corrected chi connectivity index (χ4v) is 2.62. The van der Waals surface area contributed by atoms with E-state index in [9.17, 15) is 13.2 Å². The molecule has 11 heteroatoms. The number of halogens is 3. The van der Waals surface area contributed by atoms with Crippen molar-refractivity contribution in [1.29, 1.82) is 0 Å². The van der Waals surface area contributed by atoms with Gasteiger partial charge in [0, 0.05) is 5.92 Å². The third-order valence-electron chi connectivity index (χ3n) is 3.13. The molecule has 4 rings (SSSR count). The van der Waals surface area contributed by atoms with Crippen LogP contribution in [-0.4, -0.2) is 35.0 Å². The smallest absolute Gasteiger partial charge is 0.262 e. The Morgan fingerprint density at radius 2 is 2.05 bits per heavy atom. The summed E-state index contributed by atoms with van der Waals surface area (Å²) in [5.74, 6) is 0.0782.